The molecule has 42 valence electrons. The predicted octanol–water partition coefficient (Wildman–Crippen LogP) is 1.23. The Kier molecular flexibility index (Phi) is 1.84. The van der Waals surface area contributed by atoms with Crippen LogP contribution in [0.3, 0.4) is 0 Å². The summed E-state index contributed by atoms with van der Waals surface area (Å²) >= 11 is 7.48. The summed E-state index contributed by atoms with van der Waals surface area (Å²) in [5.41, 5.74) is 0. The van der Waals surface area contributed by atoms with Crippen LogP contribution in [0.5, 0.6) is 0 Å². The zero-order valence-corrected chi connectivity index (χ0v) is 5.72. The average Bonchev–Trinajstić information content (AvgIpc) is 1.87. The molecule has 0 amide bonds. The van der Waals surface area contributed by atoms with Crippen molar-refractivity contribution < 1.29 is 0 Å². The van der Waals surface area contributed by atoms with Crippen LogP contribution in [0.4, 0.5) is 0 Å². The van der Waals surface area contributed by atoms with Gasteiger partial charge in [0, 0.05) is 6.54 Å². The molecule has 0 aliphatic carbocycles. The van der Waals surface area contributed by atoms with Crippen molar-refractivity contribution in [2.45, 2.75) is 17.0 Å². The van der Waals surface area contributed by atoms with E-state index in [1.54, 1.807) is 11.8 Å². The summed E-state index contributed by atoms with van der Waals surface area (Å²) < 4.78 is 0.301. The summed E-state index contributed by atoms with van der Waals surface area (Å²) in [4.78, 5) is 0. The molecule has 0 spiro atoms. The first kappa shape index (κ1) is 5.73. The van der Waals surface area contributed by atoms with Crippen LogP contribution in [0.25, 0.3) is 0 Å². The Labute approximate surface area is 52.8 Å². The molecule has 1 fully saturated rings. The second kappa shape index (κ2) is 2.25. The van der Waals surface area contributed by atoms with Gasteiger partial charge in [-0.1, -0.05) is 0 Å². The summed E-state index contributed by atoms with van der Waals surface area (Å²) in [7, 11) is 0. The summed E-state index contributed by atoms with van der Waals surface area (Å²) in [5, 5.41) is 3.76. The van der Waals surface area contributed by atoms with Crippen molar-refractivity contribution >= 4 is 23.4 Å². The molecule has 0 aromatic rings. The minimum atomic E-state index is 0.301. The van der Waals surface area contributed by atoms with E-state index < -0.39 is 0 Å². The quantitative estimate of drug-likeness (QED) is 0.505. The van der Waals surface area contributed by atoms with E-state index in [0.717, 1.165) is 6.54 Å². The second-order valence-electron chi connectivity index (χ2n) is 1.60. The zero-order chi connectivity index (χ0) is 5.28. The van der Waals surface area contributed by atoms with Gasteiger partial charge in [-0.05, 0) is 6.92 Å². The first-order valence-corrected chi connectivity index (χ1v) is 3.70. The van der Waals surface area contributed by atoms with Crippen molar-refractivity contribution in [1.29, 1.82) is 0 Å². The van der Waals surface area contributed by atoms with Gasteiger partial charge in [0.25, 0.3) is 0 Å². The maximum atomic E-state index is 5.71. The Morgan fingerprint density at radius 2 is 2.57 bits per heavy atom. The lowest BCUT2D eigenvalue weighted by molar-refractivity contribution is 0.752. The van der Waals surface area contributed by atoms with Crippen LogP contribution in [0.1, 0.15) is 6.92 Å². The standard InChI is InChI=1S/C4H8ClNS/c1-3-6-2-4(5)7-3/h3-4,6H,2H2,1H3. The predicted molar refractivity (Wildman–Crippen MR) is 34.7 cm³/mol. The van der Waals surface area contributed by atoms with Gasteiger partial charge < -0.3 is 5.32 Å². The minimum Gasteiger partial charge on any atom is -0.303 e. The smallest absolute Gasteiger partial charge is 0.0928 e. The molecule has 1 aliphatic heterocycles. The van der Waals surface area contributed by atoms with Gasteiger partial charge in [-0.25, -0.2) is 0 Å². The van der Waals surface area contributed by atoms with E-state index in [4.69, 9.17) is 11.6 Å². The number of thioether (sulfide) groups is 1. The Bertz CT molecular complexity index is 60.7. The van der Waals surface area contributed by atoms with Gasteiger partial charge in [-0.2, -0.15) is 0 Å². The summed E-state index contributed by atoms with van der Waals surface area (Å²) in [6.07, 6.45) is 0. The van der Waals surface area contributed by atoms with Gasteiger partial charge in [-0.15, -0.1) is 23.4 Å². The molecule has 1 heterocycles. The van der Waals surface area contributed by atoms with Gasteiger partial charge in [0.05, 0.1) is 10.1 Å². The Morgan fingerprint density at radius 3 is 2.71 bits per heavy atom. The van der Waals surface area contributed by atoms with Crippen molar-refractivity contribution in [1.82, 2.24) is 5.32 Å². The maximum Gasteiger partial charge on any atom is 0.0928 e. The minimum absolute atomic E-state index is 0.301. The van der Waals surface area contributed by atoms with E-state index >= 15 is 0 Å². The molecule has 0 saturated carbocycles. The largest absolute Gasteiger partial charge is 0.303 e. The fraction of sp³-hybridized carbons (Fsp3) is 1.00. The molecular weight excluding hydrogens is 130 g/mol. The van der Waals surface area contributed by atoms with Crippen molar-refractivity contribution in [3.05, 3.63) is 0 Å². The highest BCUT2D eigenvalue weighted by molar-refractivity contribution is 8.01. The third kappa shape index (κ3) is 1.52. The van der Waals surface area contributed by atoms with Gasteiger partial charge in [-0.3, -0.25) is 0 Å². The maximum absolute atomic E-state index is 5.71. The number of nitrogens with one attached hydrogen (secondary N) is 1. The summed E-state index contributed by atoms with van der Waals surface area (Å²) in [5.74, 6) is 0. The molecule has 3 heteroatoms. The highest BCUT2D eigenvalue weighted by Gasteiger charge is 2.17. The third-order valence-corrected chi connectivity index (χ3v) is 2.42. The van der Waals surface area contributed by atoms with E-state index in [2.05, 4.69) is 12.2 Å². The second-order valence-corrected chi connectivity index (χ2v) is 3.93. The van der Waals surface area contributed by atoms with Gasteiger partial charge in [0.15, 0.2) is 0 Å². The SMILES string of the molecule is CC1NCC(Cl)S1. The Hall–Kier alpha value is 0.600. The highest BCUT2D eigenvalue weighted by atomic mass is 35.5. The third-order valence-electron chi connectivity index (χ3n) is 0.918. The highest BCUT2D eigenvalue weighted by Crippen LogP contribution is 2.23. The molecule has 2 unspecified atom stereocenters. The van der Waals surface area contributed by atoms with E-state index in [1.165, 1.54) is 0 Å². The van der Waals surface area contributed by atoms with Crippen LogP contribution in [0, 0.1) is 0 Å². The molecule has 1 aliphatic rings. The molecule has 7 heavy (non-hydrogen) atoms. The van der Waals surface area contributed by atoms with E-state index in [-0.39, 0.29) is 0 Å². The molecule has 1 nitrogen and oxygen atoms in total. The molecule has 2 atom stereocenters. The first-order valence-electron chi connectivity index (χ1n) is 2.32. The molecule has 0 radical (unpaired) electrons. The molecule has 0 aromatic carbocycles. The monoisotopic (exact) mass is 137 g/mol. The van der Waals surface area contributed by atoms with Crippen LogP contribution in [0.15, 0.2) is 0 Å². The first-order chi connectivity index (χ1) is 3.29. The van der Waals surface area contributed by atoms with Crippen molar-refractivity contribution in [2.75, 3.05) is 6.54 Å². The van der Waals surface area contributed by atoms with Gasteiger partial charge in [0.1, 0.15) is 0 Å². The molecule has 1 saturated heterocycles. The number of alkyl halides is 1. The number of rotatable bonds is 0. The van der Waals surface area contributed by atoms with Crippen LogP contribution in [-0.2, 0) is 0 Å². The Morgan fingerprint density at radius 1 is 1.86 bits per heavy atom. The average molecular weight is 138 g/mol. The summed E-state index contributed by atoms with van der Waals surface area (Å²) in [6, 6.07) is 0. The van der Waals surface area contributed by atoms with E-state index in [1.807, 2.05) is 0 Å². The zero-order valence-electron chi connectivity index (χ0n) is 4.15. The summed E-state index contributed by atoms with van der Waals surface area (Å²) in [6.45, 7) is 3.07. The number of hydrogen-bond donors (Lipinski definition) is 1. The molecular formula is C4H8ClNS. The lowest BCUT2D eigenvalue weighted by atomic mass is 10.7. The van der Waals surface area contributed by atoms with E-state index in [0.29, 0.717) is 10.1 Å². The Balaban J connectivity index is 2.26. The van der Waals surface area contributed by atoms with Gasteiger partial charge in [0.2, 0.25) is 0 Å². The van der Waals surface area contributed by atoms with E-state index in [9.17, 15) is 0 Å². The van der Waals surface area contributed by atoms with Crippen LogP contribution >= 0.6 is 23.4 Å². The number of hydrogen-bond acceptors (Lipinski definition) is 2. The molecule has 0 bridgehead atoms. The van der Waals surface area contributed by atoms with Crippen LogP contribution in [0.2, 0.25) is 0 Å². The van der Waals surface area contributed by atoms with Crippen LogP contribution < -0.4 is 5.32 Å². The lowest BCUT2D eigenvalue weighted by Gasteiger charge is -1.95. The fourth-order valence-corrected chi connectivity index (χ4v) is 1.96. The van der Waals surface area contributed by atoms with Crippen molar-refractivity contribution in [3.63, 3.8) is 0 Å². The normalized spacial score (nSPS) is 42.0. The van der Waals surface area contributed by atoms with Crippen molar-refractivity contribution in [2.24, 2.45) is 0 Å². The van der Waals surface area contributed by atoms with Crippen LogP contribution in [-0.4, -0.2) is 16.6 Å². The fourth-order valence-electron chi connectivity index (χ4n) is 0.576. The lowest BCUT2D eigenvalue weighted by Crippen LogP contribution is -2.15. The van der Waals surface area contributed by atoms with Crippen molar-refractivity contribution in [3.8, 4) is 0 Å². The number of halogens is 1. The molecule has 1 N–H and O–H groups in total. The molecule has 1 rings (SSSR count). The van der Waals surface area contributed by atoms with Gasteiger partial charge >= 0.3 is 0 Å². The molecule has 0 aromatic heterocycles. The topological polar surface area (TPSA) is 12.0 Å².